The lowest BCUT2D eigenvalue weighted by molar-refractivity contribution is -0.160. The number of imide groups is 1. The van der Waals surface area contributed by atoms with Crippen LogP contribution in [0.4, 0.5) is 9.59 Å². The molecule has 6 N–H and O–H groups in total. The highest BCUT2D eigenvalue weighted by Crippen LogP contribution is 2.44. The van der Waals surface area contributed by atoms with Crippen LogP contribution >= 0.6 is 0 Å². The number of nitrogens with one attached hydrogen (secondary N) is 2. The van der Waals surface area contributed by atoms with Crippen molar-refractivity contribution >= 4 is 30.0 Å². The first-order valence-electron chi connectivity index (χ1n) is 12.8. The Labute approximate surface area is 236 Å². The minimum atomic E-state index is -1.98. The van der Waals surface area contributed by atoms with Gasteiger partial charge in [0.25, 0.3) is 0 Å². The Kier molecular flexibility index (Phi) is 10.0. The monoisotopic (exact) mass is 570 g/mol. The summed E-state index contributed by atoms with van der Waals surface area (Å²) < 4.78 is 10.4. The van der Waals surface area contributed by atoms with Gasteiger partial charge in [0.2, 0.25) is 11.8 Å². The molecule has 13 heteroatoms. The summed E-state index contributed by atoms with van der Waals surface area (Å²) in [7, 11) is 0. The number of ether oxygens (including phenoxy) is 2. The molecule has 0 bridgehead atoms. The third kappa shape index (κ3) is 7.80. The number of nitrogens with two attached hydrogens (primary N) is 1. The summed E-state index contributed by atoms with van der Waals surface area (Å²) in [5.74, 6) is -4.22. The number of rotatable bonds is 10. The van der Waals surface area contributed by atoms with Crippen LogP contribution in [-0.2, 0) is 23.9 Å². The zero-order valence-corrected chi connectivity index (χ0v) is 23.0. The van der Waals surface area contributed by atoms with Crippen LogP contribution in [0.2, 0.25) is 0 Å². The summed E-state index contributed by atoms with van der Waals surface area (Å²) in [6.45, 7) is 2.38. The second-order valence-electron chi connectivity index (χ2n) is 10.3. The fourth-order valence-electron chi connectivity index (χ4n) is 4.38. The Morgan fingerprint density at radius 3 is 2.02 bits per heavy atom. The molecule has 0 aromatic heterocycles. The van der Waals surface area contributed by atoms with Gasteiger partial charge in [0.1, 0.15) is 24.8 Å². The van der Waals surface area contributed by atoms with E-state index in [9.17, 15) is 34.2 Å². The van der Waals surface area contributed by atoms with E-state index in [1.54, 1.807) is 20.8 Å². The van der Waals surface area contributed by atoms with Crippen molar-refractivity contribution < 1.29 is 43.7 Å². The summed E-state index contributed by atoms with van der Waals surface area (Å²) in [5, 5.41) is 23.5. The number of hydrogen-bond acceptors (Lipinski definition) is 9. The number of aliphatic hydroxyl groups excluding tert-OH is 1. The Morgan fingerprint density at radius 2 is 1.51 bits per heavy atom. The molecule has 41 heavy (non-hydrogen) atoms. The molecule has 0 spiro atoms. The molecule has 0 radical (unpaired) electrons. The quantitative estimate of drug-likeness (QED) is 0.276. The molecular formula is C28H34N4O9. The predicted molar refractivity (Wildman–Crippen MR) is 146 cm³/mol. The van der Waals surface area contributed by atoms with E-state index in [1.165, 1.54) is 0 Å². The lowest BCUT2D eigenvalue weighted by Gasteiger charge is -2.28. The molecule has 0 unspecified atom stereocenters. The van der Waals surface area contributed by atoms with E-state index >= 15 is 0 Å². The minimum absolute atomic E-state index is 0.00951. The molecule has 1 aliphatic rings. The largest absolute Gasteiger partial charge is 0.480 e. The van der Waals surface area contributed by atoms with Gasteiger partial charge in [0.15, 0.2) is 6.04 Å². The number of benzene rings is 2. The van der Waals surface area contributed by atoms with Gasteiger partial charge < -0.3 is 36.1 Å². The molecule has 2 aromatic rings. The predicted octanol–water partition coefficient (Wildman–Crippen LogP) is 1.18. The first-order valence-corrected chi connectivity index (χ1v) is 12.8. The van der Waals surface area contributed by atoms with E-state index in [0.29, 0.717) is 0 Å². The molecule has 0 saturated heterocycles. The molecule has 3 rings (SSSR count). The molecule has 0 fully saturated rings. The molecule has 2 aromatic carbocycles. The van der Waals surface area contributed by atoms with Crippen molar-refractivity contribution in [2.24, 2.45) is 5.73 Å². The van der Waals surface area contributed by atoms with Crippen LogP contribution in [0.25, 0.3) is 11.1 Å². The van der Waals surface area contributed by atoms with E-state index in [4.69, 9.17) is 15.2 Å². The first-order chi connectivity index (χ1) is 19.3. The summed E-state index contributed by atoms with van der Waals surface area (Å²) in [6.07, 6.45) is -1.85. The number of alkyl carbamates (subject to hydrolysis) is 2. The van der Waals surface area contributed by atoms with Crippen LogP contribution < -0.4 is 16.4 Å². The number of nitrogens with zero attached hydrogens (tertiary/aromatic N) is 1. The SMILES string of the molecule is CC(C)(C)OC(=O)NCC(=O)N(C(=O)[C@@H](N)CNC(=O)OCC1c2ccccc2-c2ccccc21)[C@@H](CO)C(=O)O. The molecule has 0 aliphatic heterocycles. The number of aliphatic carboxylic acids is 1. The van der Waals surface area contributed by atoms with Crippen LogP contribution in [0.15, 0.2) is 48.5 Å². The van der Waals surface area contributed by atoms with Crippen molar-refractivity contribution in [3.05, 3.63) is 59.7 Å². The first kappa shape index (κ1) is 31.0. The van der Waals surface area contributed by atoms with Gasteiger partial charge >= 0.3 is 18.2 Å². The number of hydrogen-bond donors (Lipinski definition) is 5. The van der Waals surface area contributed by atoms with Gasteiger partial charge in [-0.25, -0.2) is 14.4 Å². The van der Waals surface area contributed by atoms with Crippen LogP contribution in [0.5, 0.6) is 0 Å². The maximum atomic E-state index is 13.0. The van der Waals surface area contributed by atoms with E-state index in [0.717, 1.165) is 22.3 Å². The lowest BCUT2D eigenvalue weighted by Crippen LogP contribution is -2.59. The fraction of sp³-hybridized carbons (Fsp3) is 0.393. The van der Waals surface area contributed by atoms with Gasteiger partial charge in [-0.15, -0.1) is 0 Å². The Hall–Kier alpha value is -4.49. The maximum Gasteiger partial charge on any atom is 0.408 e. The highest BCUT2D eigenvalue weighted by atomic mass is 16.6. The number of fused-ring (bicyclic) bond motifs is 3. The number of carboxylic acid groups (broad SMARTS) is 1. The number of carboxylic acids is 1. The van der Waals surface area contributed by atoms with E-state index in [2.05, 4.69) is 10.6 Å². The average molecular weight is 571 g/mol. The van der Waals surface area contributed by atoms with Crippen molar-refractivity contribution in [2.45, 2.75) is 44.4 Å². The third-order valence-electron chi connectivity index (χ3n) is 6.19. The van der Waals surface area contributed by atoms with Crippen LogP contribution in [0.1, 0.15) is 37.8 Å². The number of aliphatic hydroxyl groups is 1. The van der Waals surface area contributed by atoms with Crippen LogP contribution in [0.3, 0.4) is 0 Å². The molecule has 4 amide bonds. The van der Waals surface area contributed by atoms with Gasteiger partial charge in [-0.2, -0.15) is 0 Å². The summed E-state index contributed by atoms with van der Waals surface area (Å²) >= 11 is 0. The Morgan fingerprint density at radius 1 is 0.951 bits per heavy atom. The number of amides is 4. The number of carbonyl (C=O) groups is 5. The van der Waals surface area contributed by atoms with Gasteiger partial charge in [0, 0.05) is 12.5 Å². The zero-order valence-electron chi connectivity index (χ0n) is 23.0. The summed E-state index contributed by atoms with van der Waals surface area (Å²) in [6, 6.07) is 12.0. The van der Waals surface area contributed by atoms with E-state index < -0.39 is 67.4 Å². The van der Waals surface area contributed by atoms with Crippen LogP contribution in [0, 0.1) is 0 Å². The molecular weight excluding hydrogens is 536 g/mol. The lowest BCUT2D eigenvalue weighted by atomic mass is 9.98. The fourth-order valence-corrected chi connectivity index (χ4v) is 4.38. The van der Waals surface area contributed by atoms with Crippen molar-refractivity contribution in [1.29, 1.82) is 0 Å². The van der Waals surface area contributed by atoms with Crippen LogP contribution in [-0.4, -0.2) is 89.1 Å². The Bertz CT molecular complexity index is 1260. The highest BCUT2D eigenvalue weighted by Gasteiger charge is 2.37. The highest BCUT2D eigenvalue weighted by molar-refractivity contribution is 6.02. The summed E-state index contributed by atoms with van der Waals surface area (Å²) in [4.78, 5) is 62.0. The zero-order chi connectivity index (χ0) is 30.3. The smallest absolute Gasteiger partial charge is 0.408 e. The molecule has 13 nitrogen and oxygen atoms in total. The topological polar surface area (TPSA) is 198 Å². The van der Waals surface area contributed by atoms with Gasteiger partial charge in [-0.1, -0.05) is 48.5 Å². The minimum Gasteiger partial charge on any atom is -0.480 e. The second kappa shape index (κ2) is 13.2. The Balaban J connectivity index is 1.60. The average Bonchev–Trinajstić information content (AvgIpc) is 3.24. The molecule has 2 atom stereocenters. The van der Waals surface area contributed by atoms with Gasteiger partial charge in [-0.3, -0.25) is 14.5 Å². The van der Waals surface area contributed by atoms with E-state index in [-0.39, 0.29) is 17.4 Å². The number of carbonyl (C=O) groups excluding carboxylic acids is 4. The second-order valence-corrected chi connectivity index (χ2v) is 10.3. The van der Waals surface area contributed by atoms with Crippen molar-refractivity contribution in [1.82, 2.24) is 15.5 Å². The van der Waals surface area contributed by atoms with Gasteiger partial charge in [0.05, 0.1) is 6.61 Å². The molecule has 0 saturated carbocycles. The maximum absolute atomic E-state index is 13.0. The standard InChI is InChI=1S/C28H34N4O9/c1-28(2,3)41-27(39)31-13-23(34)32(22(14-33)25(36)37)24(35)21(29)12-30-26(38)40-15-20-18-10-6-4-8-16(18)17-9-5-7-11-19(17)20/h4-11,20-22,33H,12-15,29H2,1-3H3,(H,30,38)(H,31,39)(H,36,37)/t21-,22-/m0/s1. The van der Waals surface area contributed by atoms with Crippen molar-refractivity contribution in [2.75, 3.05) is 26.3 Å². The molecule has 220 valence electrons. The van der Waals surface area contributed by atoms with E-state index in [1.807, 2.05) is 48.5 Å². The van der Waals surface area contributed by atoms with Gasteiger partial charge in [-0.05, 0) is 43.0 Å². The normalized spacial score (nSPS) is 13.7. The summed E-state index contributed by atoms with van der Waals surface area (Å²) in [5.41, 5.74) is 9.12. The third-order valence-corrected chi connectivity index (χ3v) is 6.19. The molecule has 0 heterocycles. The molecule has 1 aliphatic carbocycles. The van der Waals surface area contributed by atoms with Crippen molar-refractivity contribution in [3.8, 4) is 11.1 Å². The van der Waals surface area contributed by atoms with Crippen molar-refractivity contribution in [3.63, 3.8) is 0 Å².